The minimum atomic E-state index is -0.915. The quantitative estimate of drug-likeness (QED) is 0.335. The van der Waals surface area contributed by atoms with Crippen molar-refractivity contribution in [2.24, 2.45) is 0 Å². The smallest absolute Gasteiger partial charge is 0.408 e. The van der Waals surface area contributed by atoms with Crippen molar-refractivity contribution in [3.05, 3.63) is 29.8 Å². The van der Waals surface area contributed by atoms with E-state index in [2.05, 4.69) is 17.6 Å². The Morgan fingerprint density at radius 1 is 1.11 bits per heavy atom. The van der Waals surface area contributed by atoms with Crippen LogP contribution < -0.4 is 10.6 Å². The zero-order valence-corrected chi connectivity index (χ0v) is 23.0. The summed E-state index contributed by atoms with van der Waals surface area (Å²) in [6.45, 7) is 11.6. The SMILES string of the molecule is CCCCCNC(=O)C(c1ccc(O)cc1)N(C(=O)C(CCSC)NC(=O)OC(C)(C)C)C(C)C. The highest BCUT2D eigenvalue weighted by Gasteiger charge is 2.37. The predicted octanol–water partition coefficient (Wildman–Crippen LogP) is 4.62. The number of nitrogens with zero attached hydrogens (tertiary/aromatic N) is 1. The Morgan fingerprint density at radius 3 is 2.26 bits per heavy atom. The largest absolute Gasteiger partial charge is 0.508 e. The van der Waals surface area contributed by atoms with Gasteiger partial charge in [-0.1, -0.05) is 31.9 Å². The lowest BCUT2D eigenvalue weighted by atomic mass is 10.0. The van der Waals surface area contributed by atoms with Crippen LogP contribution in [0.15, 0.2) is 24.3 Å². The standard InChI is InChI=1S/C26H43N3O5S/c1-8-9-10-16-27-23(31)22(19-11-13-20(30)14-12-19)29(18(2)3)24(32)21(15-17-35-7)28-25(33)34-26(4,5)6/h11-14,18,21-22,30H,8-10,15-17H2,1-7H3,(H,27,31)(H,28,33). The first-order valence-corrected chi connectivity index (χ1v) is 13.7. The number of amides is 3. The lowest BCUT2D eigenvalue weighted by Gasteiger charge is -2.37. The van der Waals surface area contributed by atoms with Crippen molar-refractivity contribution in [2.75, 3.05) is 18.6 Å². The van der Waals surface area contributed by atoms with Crippen LogP contribution >= 0.6 is 11.8 Å². The molecular formula is C26H43N3O5S. The minimum absolute atomic E-state index is 0.0720. The third-order valence-corrected chi connectivity index (χ3v) is 5.87. The average Bonchev–Trinajstić information content (AvgIpc) is 2.76. The molecule has 1 rings (SSSR count). The van der Waals surface area contributed by atoms with E-state index in [9.17, 15) is 19.5 Å². The van der Waals surface area contributed by atoms with Crippen LogP contribution in [0.1, 0.15) is 78.8 Å². The summed E-state index contributed by atoms with van der Waals surface area (Å²) in [7, 11) is 0. The van der Waals surface area contributed by atoms with Crippen molar-refractivity contribution in [2.45, 2.75) is 91.0 Å². The number of thioether (sulfide) groups is 1. The number of ether oxygens (including phenoxy) is 1. The van der Waals surface area contributed by atoms with Gasteiger partial charge in [0.25, 0.3) is 0 Å². The molecule has 2 unspecified atom stereocenters. The van der Waals surface area contributed by atoms with Gasteiger partial charge < -0.3 is 25.4 Å². The van der Waals surface area contributed by atoms with Gasteiger partial charge in [0.2, 0.25) is 11.8 Å². The van der Waals surface area contributed by atoms with Gasteiger partial charge in [-0.3, -0.25) is 9.59 Å². The lowest BCUT2D eigenvalue weighted by molar-refractivity contribution is -0.144. The minimum Gasteiger partial charge on any atom is -0.508 e. The zero-order chi connectivity index (χ0) is 26.6. The number of phenols is 1. The Labute approximate surface area is 214 Å². The average molecular weight is 510 g/mol. The van der Waals surface area contributed by atoms with E-state index >= 15 is 0 Å². The molecular weight excluding hydrogens is 466 g/mol. The fourth-order valence-electron chi connectivity index (χ4n) is 3.58. The van der Waals surface area contributed by atoms with E-state index in [-0.39, 0.29) is 23.6 Å². The van der Waals surface area contributed by atoms with Crippen molar-refractivity contribution in [3.8, 4) is 5.75 Å². The Morgan fingerprint density at radius 2 is 1.74 bits per heavy atom. The number of unbranched alkanes of at least 4 members (excludes halogenated alkanes) is 2. The third-order valence-electron chi connectivity index (χ3n) is 5.23. The molecule has 3 amide bonds. The number of hydrogen-bond acceptors (Lipinski definition) is 6. The van der Waals surface area contributed by atoms with Gasteiger partial charge in [0.15, 0.2) is 0 Å². The van der Waals surface area contributed by atoms with Crippen LogP contribution in [-0.4, -0.2) is 64.2 Å². The van der Waals surface area contributed by atoms with E-state index < -0.39 is 23.8 Å². The van der Waals surface area contributed by atoms with Crippen LogP contribution in [0.2, 0.25) is 0 Å². The molecule has 0 aliphatic rings. The number of benzene rings is 1. The number of aromatic hydroxyl groups is 1. The van der Waals surface area contributed by atoms with Crippen molar-refractivity contribution < 1.29 is 24.2 Å². The van der Waals surface area contributed by atoms with E-state index in [0.717, 1.165) is 19.3 Å². The fraction of sp³-hybridized carbons (Fsp3) is 0.654. The maximum Gasteiger partial charge on any atom is 0.408 e. The molecule has 0 saturated heterocycles. The Balaban J connectivity index is 3.32. The molecule has 0 fully saturated rings. The Kier molecular flexibility index (Phi) is 13.0. The number of carbonyl (C=O) groups excluding carboxylic acids is 3. The topological polar surface area (TPSA) is 108 Å². The molecule has 8 nitrogen and oxygen atoms in total. The first-order valence-electron chi connectivity index (χ1n) is 12.3. The normalized spacial score (nSPS) is 13.1. The molecule has 198 valence electrons. The highest BCUT2D eigenvalue weighted by Crippen LogP contribution is 2.27. The summed E-state index contributed by atoms with van der Waals surface area (Å²) in [5.41, 5.74) is -0.124. The summed E-state index contributed by atoms with van der Waals surface area (Å²) in [6.07, 6.45) is 4.51. The third kappa shape index (κ3) is 10.8. The van der Waals surface area contributed by atoms with Crippen molar-refractivity contribution >= 4 is 29.7 Å². The number of nitrogens with one attached hydrogen (secondary N) is 2. The summed E-state index contributed by atoms with van der Waals surface area (Å²) >= 11 is 1.57. The molecule has 2 atom stereocenters. The molecule has 0 aromatic heterocycles. The lowest BCUT2D eigenvalue weighted by Crippen LogP contribution is -2.55. The van der Waals surface area contributed by atoms with Crippen molar-refractivity contribution in [1.82, 2.24) is 15.5 Å². The van der Waals surface area contributed by atoms with Crippen LogP contribution in [0.5, 0.6) is 5.75 Å². The van der Waals surface area contributed by atoms with Gasteiger partial charge in [0.1, 0.15) is 23.4 Å². The van der Waals surface area contributed by atoms with Crippen LogP contribution in [-0.2, 0) is 14.3 Å². The van der Waals surface area contributed by atoms with E-state index in [0.29, 0.717) is 24.3 Å². The van der Waals surface area contributed by atoms with Crippen LogP contribution in [0.4, 0.5) is 4.79 Å². The molecule has 0 saturated carbocycles. The maximum absolute atomic E-state index is 13.9. The van der Waals surface area contributed by atoms with E-state index in [1.54, 1.807) is 44.7 Å². The molecule has 0 bridgehead atoms. The van der Waals surface area contributed by atoms with E-state index in [4.69, 9.17) is 4.74 Å². The fourth-order valence-corrected chi connectivity index (χ4v) is 4.05. The highest BCUT2D eigenvalue weighted by molar-refractivity contribution is 7.98. The van der Waals surface area contributed by atoms with Gasteiger partial charge in [-0.2, -0.15) is 11.8 Å². The van der Waals surface area contributed by atoms with Crippen molar-refractivity contribution in [3.63, 3.8) is 0 Å². The summed E-state index contributed by atoms with van der Waals surface area (Å²) in [6, 6.07) is 4.19. The van der Waals surface area contributed by atoms with Gasteiger partial charge in [0.05, 0.1) is 0 Å². The summed E-state index contributed by atoms with van der Waals surface area (Å²) in [5.74, 6) is 0.0599. The number of hydrogen-bond donors (Lipinski definition) is 3. The molecule has 1 aromatic rings. The molecule has 35 heavy (non-hydrogen) atoms. The van der Waals surface area contributed by atoms with Gasteiger partial charge in [0, 0.05) is 12.6 Å². The Hall–Kier alpha value is -2.42. The first-order chi connectivity index (χ1) is 16.4. The molecule has 1 aromatic carbocycles. The molecule has 0 radical (unpaired) electrons. The number of alkyl carbamates (subject to hydrolysis) is 1. The maximum atomic E-state index is 13.9. The summed E-state index contributed by atoms with van der Waals surface area (Å²) < 4.78 is 5.39. The number of rotatable bonds is 13. The van der Waals surface area contributed by atoms with Gasteiger partial charge >= 0.3 is 6.09 Å². The molecule has 9 heteroatoms. The van der Waals surface area contributed by atoms with Crippen LogP contribution in [0.3, 0.4) is 0 Å². The monoisotopic (exact) mass is 509 g/mol. The molecule has 0 aliphatic carbocycles. The second kappa shape index (κ2) is 14.9. The van der Waals surface area contributed by atoms with Crippen molar-refractivity contribution in [1.29, 1.82) is 0 Å². The van der Waals surface area contributed by atoms with E-state index in [1.165, 1.54) is 17.0 Å². The van der Waals surface area contributed by atoms with Crippen LogP contribution in [0.25, 0.3) is 0 Å². The zero-order valence-electron chi connectivity index (χ0n) is 22.2. The second-order valence-electron chi connectivity index (χ2n) is 9.81. The number of carbonyl (C=O) groups is 3. The summed E-state index contributed by atoms with van der Waals surface area (Å²) in [5, 5.41) is 15.5. The predicted molar refractivity (Wildman–Crippen MR) is 142 cm³/mol. The molecule has 3 N–H and O–H groups in total. The second-order valence-corrected chi connectivity index (χ2v) is 10.8. The highest BCUT2D eigenvalue weighted by atomic mass is 32.2. The molecule has 0 spiro atoms. The molecule has 0 heterocycles. The summed E-state index contributed by atoms with van der Waals surface area (Å²) in [4.78, 5) is 41.3. The van der Waals surface area contributed by atoms with Gasteiger partial charge in [-0.15, -0.1) is 0 Å². The van der Waals surface area contributed by atoms with Gasteiger partial charge in [-0.25, -0.2) is 4.79 Å². The molecule has 0 aliphatic heterocycles. The Bertz CT molecular complexity index is 808. The number of phenolic OH excluding ortho intramolecular Hbond substituents is 1. The van der Waals surface area contributed by atoms with Gasteiger partial charge in [-0.05, 0) is 77.2 Å². The van der Waals surface area contributed by atoms with Crippen LogP contribution in [0, 0.1) is 0 Å². The first kappa shape index (κ1) is 30.6. The van der Waals surface area contributed by atoms with E-state index in [1.807, 2.05) is 20.1 Å².